The smallest absolute Gasteiger partial charge is 0.0205 e. The van der Waals surface area contributed by atoms with Crippen LogP contribution in [0.15, 0.2) is 42.5 Å². The van der Waals surface area contributed by atoms with Crippen molar-refractivity contribution in [1.29, 1.82) is 0 Å². The summed E-state index contributed by atoms with van der Waals surface area (Å²) in [6.07, 6.45) is 5.94. The number of benzene rings is 2. The van der Waals surface area contributed by atoms with E-state index in [-0.39, 0.29) is 0 Å². The van der Waals surface area contributed by atoms with E-state index >= 15 is 0 Å². The molecule has 0 amide bonds. The van der Waals surface area contributed by atoms with E-state index in [9.17, 15) is 0 Å². The molecule has 2 aromatic rings. The van der Waals surface area contributed by atoms with Gasteiger partial charge < -0.3 is 5.32 Å². The molecule has 0 spiro atoms. The van der Waals surface area contributed by atoms with Gasteiger partial charge in [0.05, 0.1) is 0 Å². The minimum Gasteiger partial charge on any atom is -0.312 e. The van der Waals surface area contributed by atoms with Crippen LogP contribution in [0.25, 0.3) is 10.8 Å². The summed E-state index contributed by atoms with van der Waals surface area (Å²) in [5.41, 5.74) is 1.41. The fourth-order valence-corrected chi connectivity index (χ4v) is 3.50. The molecule has 0 bridgehead atoms. The summed E-state index contributed by atoms with van der Waals surface area (Å²) < 4.78 is 0. The third kappa shape index (κ3) is 2.73. The second-order valence-electron chi connectivity index (χ2n) is 6.65. The van der Waals surface area contributed by atoms with Gasteiger partial charge in [-0.25, -0.2) is 0 Å². The van der Waals surface area contributed by atoms with Gasteiger partial charge in [0.25, 0.3) is 0 Å². The van der Waals surface area contributed by atoms with Crippen LogP contribution in [0.4, 0.5) is 0 Å². The minimum atomic E-state index is 0.968. The summed E-state index contributed by atoms with van der Waals surface area (Å²) in [5.74, 6) is 3.06. The van der Waals surface area contributed by atoms with Crippen LogP contribution in [-0.4, -0.2) is 6.54 Å². The molecule has 0 radical (unpaired) electrons. The molecule has 104 valence electrons. The van der Waals surface area contributed by atoms with Gasteiger partial charge in [-0.2, -0.15) is 0 Å². The molecule has 1 N–H and O–H groups in total. The lowest BCUT2D eigenvalue weighted by Crippen LogP contribution is -2.25. The monoisotopic (exact) mass is 265 g/mol. The van der Waals surface area contributed by atoms with Crippen molar-refractivity contribution in [2.45, 2.75) is 32.2 Å². The Morgan fingerprint density at radius 3 is 2.30 bits per heavy atom. The van der Waals surface area contributed by atoms with E-state index in [0.29, 0.717) is 0 Å². The molecular formula is C19H23N. The van der Waals surface area contributed by atoms with E-state index in [2.05, 4.69) is 47.8 Å². The molecule has 2 fully saturated rings. The fourth-order valence-electron chi connectivity index (χ4n) is 3.50. The zero-order chi connectivity index (χ0) is 13.4. The van der Waals surface area contributed by atoms with Gasteiger partial charge in [0.1, 0.15) is 0 Å². The number of rotatable bonds is 6. The predicted molar refractivity (Wildman–Crippen MR) is 84.6 cm³/mol. The highest BCUT2D eigenvalue weighted by Crippen LogP contribution is 2.48. The van der Waals surface area contributed by atoms with E-state index in [0.717, 1.165) is 24.3 Å². The van der Waals surface area contributed by atoms with Crippen LogP contribution in [0.2, 0.25) is 0 Å². The molecule has 2 saturated carbocycles. The van der Waals surface area contributed by atoms with Gasteiger partial charge in [0, 0.05) is 6.54 Å². The quantitative estimate of drug-likeness (QED) is 0.818. The SMILES string of the molecule is c1ccc2cc(CNCC(C3CC3)C3CC3)ccc2c1. The highest BCUT2D eigenvalue weighted by molar-refractivity contribution is 5.82. The lowest BCUT2D eigenvalue weighted by molar-refractivity contribution is 0.378. The normalized spacial score (nSPS) is 18.9. The fraction of sp³-hybridized carbons (Fsp3) is 0.474. The summed E-state index contributed by atoms with van der Waals surface area (Å²) in [6, 6.07) is 15.4. The van der Waals surface area contributed by atoms with Crippen molar-refractivity contribution in [3.8, 4) is 0 Å². The Bertz CT molecular complexity index is 583. The Hall–Kier alpha value is -1.34. The molecule has 2 aromatic carbocycles. The first-order valence-electron chi connectivity index (χ1n) is 8.08. The van der Waals surface area contributed by atoms with Gasteiger partial charge in [-0.1, -0.05) is 36.4 Å². The van der Waals surface area contributed by atoms with E-state index in [1.54, 1.807) is 0 Å². The van der Waals surface area contributed by atoms with E-state index < -0.39 is 0 Å². The standard InChI is InChI=1S/C19H23N/c1-2-4-18-11-14(5-6-15(18)3-1)12-20-13-19(16-7-8-16)17-9-10-17/h1-6,11,16-17,19-20H,7-10,12-13H2. The molecule has 0 heterocycles. The first-order chi connectivity index (χ1) is 9.90. The topological polar surface area (TPSA) is 12.0 Å². The van der Waals surface area contributed by atoms with Crippen LogP contribution in [0, 0.1) is 17.8 Å². The lowest BCUT2D eigenvalue weighted by Gasteiger charge is -2.16. The van der Waals surface area contributed by atoms with Gasteiger partial charge in [0.2, 0.25) is 0 Å². The summed E-state index contributed by atoms with van der Waals surface area (Å²) in [4.78, 5) is 0. The van der Waals surface area contributed by atoms with Gasteiger partial charge in [-0.15, -0.1) is 0 Å². The Kier molecular flexibility index (Phi) is 3.23. The molecule has 0 aromatic heterocycles. The molecule has 0 atom stereocenters. The van der Waals surface area contributed by atoms with Crippen LogP contribution in [-0.2, 0) is 6.54 Å². The average molecular weight is 265 g/mol. The van der Waals surface area contributed by atoms with Crippen molar-refractivity contribution in [1.82, 2.24) is 5.32 Å². The van der Waals surface area contributed by atoms with E-state index in [1.165, 1.54) is 48.6 Å². The first-order valence-corrected chi connectivity index (χ1v) is 8.08. The van der Waals surface area contributed by atoms with Crippen LogP contribution >= 0.6 is 0 Å². The molecule has 1 heteroatoms. The van der Waals surface area contributed by atoms with Crippen LogP contribution in [0.5, 0.6) is 0 Å². The van der Waals surface area contributed by atoms with Crippen molar-refractivity contribution < 1.29 is 0 Å². The molecule has 1 nitrogen and oxygen atoms in total. The van der Waals surface area contributed by atoms with Crippen molar-refractivity contribution in [2.75, 3.05) is 6.54 Å². The molecule has 2 aliphatic carbocycles. The van der Waals surface area contributed by atoms with E-state index in [4.69, 9.17) is 0 Å². The zero-order valence-corrected chi connectivity index (χ0v) is 12.0. The zero-order valence-electron chi connectivity index (χ0n) is 12.0. The predicted octanol–water partition coefficient (Wildman–Crippen LogP) is 4.37. The maximum Gasteiger partial charge on any atom is 0.0205 e. The second kappa shape index (κ2) is 5.21. The van der Waals surface area contributed by atoms with Crippen LogP contribution < -0.4 is 5.32 Å². The van der Waals surface area contributed by atoms with Crippen molar-refractivity contribution >= 4 is 10.8 Å². The molecule has 0 saturated heterocycles. The Morgan fingerprint density at radius 1 is 0.900 bits per heavy atom. The summed E-state index contributed by atoms with van der Waals surface area (Å²) in [7, 11) is 0. The van der Waals surface area contributed by atoms with Crippen LogP contribution in [0.3, 0.4) is 0 Å². The summed E-state index contributed by atoms with van der Waals surface area (Å²) >= 11 is 0. The van der Waals surface area contributed by atoms with Gasteiger partial charge in [0.15, 0.2) is 0 Å². The second-order valence-corrected chi connectivity index (χ2v) is 6.65. The minimum absolute atomic E-state index is 0.968. The highest BCUT2D eigenvalue weighted by atomic mass is 14.9. The molecule has 0 aliphatic heterocycles. The Morgan fingerprint density at radius 2 is 1.60 bits per heavy atom. The van der Waals surface area contributed by atoms with Gasteiger partial charge in [-0.3, -0.25) is 0 Å². The van der Waals surface area contributed by atoms with Gasteiger partial charge in [-0.05, 0) is 72.4 Å². The highest BCUT2D eigenvalue weighted by Gasteiger charge is 2.40. The third-order valence-corrected chi connectivity index (χ3v) is 4.98. The van der Waals surface area contributed by atoms with Crippen molar-refractivity contribution in [2.24, 2.45) is 17.8 Å². The van der Waals surface area contributed by atoms with Crippen molar-refractivity contribution in [3.05, 3.63) is 48.0 Å². The van der Waals surface area contributed by atoms with Crippen LogP contribution in [0.1, 0.15) is 31.2 Å². The summed E-state index contributed by atoms with van der Waals surface area (Å²) in [6.45, 7) is 2.24. The number of fused-ring (bicyclic) bond motifs is 1. The van der Waals surface area contributed by atoms with Crippen molar-refractivity contribution in [3.63, 3.8) is 0 Å². The molecule has 4 rings (SSSR count). The molecular weight excluding hydrogens is 242 g/mol. The largest absolute Gasteiger partial charge is 0.312 e. The maximum absolute atomic E-state index is 3.71. The Labute approximate surface area is 121 Å². The number of hydrogen-bond acceptors (Lipinski definition) is 1. The molecule has 20 heavy (non-hydrogen) atoms. The first kappa shape index (κ1) is 12.4. The van der Waals surface area contributed by atoms with Gasteiger partial charge >= 0.3 is 0 Å². The number of nitrogens with one attached hydrogen (secondary N) is 1. The maximum atomic E-state index is 3.71. The average Bonchev–Trinajstić information content (AvgIpc) is 3.37. The third-order valence-electron chi connectivity index (χ3n) is 4.98. The lowest BCUT2D eigenvalue weighted by atomic mass is 9.98. The molecule has 0 unspecified atom stereocenters. The van der Waals surface area contributed by atoms with E-state index in [1.807, 2.05) is 0 Å². The number of hydrogen-bond donors (Lipinski definition) is 1. The molecule has 2 aliphatic rings. The summed E-state index contributed by atoms with van der Waals surface area (Å²) in [5, 5.41) is 6.40. The Balaban J connectivity index is 1.37.